The molecule has 1 aromatic heterocycles. The van der Waals surface area contributed by atoms with Crippen molar-refractivity contribution in [3.8, 4) is 11.3 Å². The van der Waals surface area contributed by atoms with Crippen LogP contribution in [0, 0.1) is 6.92 Å². The molecule has 1 atom stereocenters. The van der Waals surface area contributed by atoms with Gasteiger partial charge in [-0.15, -0.1) is 0 Å². The Morgan fingerprint density at radius 1 is 1.23 bits per heavy atom. The van der Waals surface area contributed by atoms with Crippen LogP contribution in [-0.4, -0.2) is 34.7 Å². The molecule has 0 radical (unpaired) electrons. The Bertz CT molecular complexity index is 1200. The summed E-state index contributed by atoms with van der Waals surface area (Å²) in [5, 5.41) is 10.7. The molecule has 0 bridgehead atoms. The van der Waals surface area contributed by atoms with Crippen LogP contribution >= 0.6 is 11.6 Å². The molecule has 4 rings (SSSR count). The van der Waals surface area contributed by atoms with Gasteiger partial charge in [-0.2, -0.15) is 5.10 Å². The van der Waals surface area contributed by atoms with Crippen molar-refractivity contribution < 1.29 is 19.1 Å². The van der Waals surface area contributed by atoms with Gasteiger partial charge in [0.25, 0.3) is 0 Å². The minimum Gasteiger partial charge on any atom is -0.465 e. The molecule has 0 unspecified atom stereocenters. The van der Waals surface area contributed by atoms with Crippen molar-refractivity contribution in [1.82, 2.24) is 9.78 Å². The molecule has 0 saturated carbocycles. The highest BCUT2D eigenvalue weighted by molar-refractivity contribution is 6.30. The van der Waals surface area contributed by atoms with Gasteiger partial charge in [-0.05, 0) is 31.2 Å². The van der Waals surface area contributed by atoms with Crippen molar-refractivity contribution >= 4 is 40.9 Å². The predicted molar refractivity (Wildman–Crippen MR) is 116 cm³/mol. The van der Waals surface area contributed by atoms with E-state index in [1.807, 2.05) is 19.1 Å². The molecule has 2 amide bonds. The Balaban J connectivity index is 1.70. The van der Waals surface area contributed by atoms with E-state index < -0.39 is 17.9 Å². The standard InChI is InChI=1S/C22H19ClN4O4/c1-12-19(13-6-5-7-14(23)10-13)26-27-17(11-18(28)25-20(12)27)21(29)24-16-9-4-3-8-15(16)22(30)31-2/h3-10,17H,11H2,1-2H3,(H,24,29)(H,25,28)/t17-/m0/s1. The Labute approximate surface area is 183 Å². The van der Waals surface area contributed by atoms with E-state index in [1.165, 1.54) is 11.8 Å². The van der Waals surface area contributed by atoms with Gasteiger partial charge in [0, 0.05) is 16.1 Å². The van der Waals surface area contributed by atoms with E-state index in [0.29, 0.717) is 22.2 Å². The summed E-state index contributed by atoms with van der Waals surface area (Å²) in [5.74, 6) is -0.883. The third-order valence-electron chi connectivity index (χ3n) is 5.07. The van der Waals surface area contributed by atoms with Crippen LogP contribution < -0.4 is 10.6 Å². The summed E-state index contributed by atoms with van der Waals surface area (Å²) in [7, 11) is 1.27. The molecular weight excluding hydrogens is 420 g/mol. The maximum Gasteiger partial charge on any atom is 0.339 e. The fourth-order valence-corrected chi connectivity index (χ4v) is 3.74. The van der Waals surface area contributed by atoms with E-state index in [-0.39, 0.29) is 17.9 Å². The second-order valence-electron chi connectivity index (χ2n) is 7.07. The quantitative estimate of drug-likeness (QED) is 0.603. The van der Waals surface area contributed by atoms with Gasteiger partial charge in [-0.25, -0.2) is 9.48 Å². The summed E-state index contributed by atoms with van der Waals surface area (Å²) in [5.41, 5.74) is 2.63. The van der Waals surface area contributed by atoms with Crippen LogP contribution in [0.25, 0.3) is 11.3 Å². The second-order valence-corrected chi connectivity index (χ2v) is 7.51. The van der Waals surface area contributed by atoms with Crippen molar-refractivity contribution in [3.63, 3.8) is 0 Å². The minimum absolute atomic E-state index is 0.0880. The van der Waals surface area contributed by atoms with Crippen LogP contribution in [-0.2, 0) is 14.3 Å². The molecule has 31 heavy (non-hydrogen) atoms. The molecule has 8 nitrogen and oxygen atoms in total. The average Bonchev–Trinajstić information content (AvgIpc) is 3.09. The SMILES string of the molecule is COC(=O)c1ccccc1NC(=O)[C@@H]1CC(=O)Nc2c(C)c(-c3cccc(Cl)c3)nn21. The lowest BCUT2D eigenvalue weighted by Crippen LogP contribution is -2.36. The number of aromatic nitrogens is 2. The molecule has 1 aliphatic rings. The summed E-state index contributed by atoms with van der Waals surface area (Å²) in [4.78, 5) is 37.5. The molecule has 2 N–H and O–H groups in total. The number of esters is 1. The van der Waals surface area contributed by atoms with Crippen LogP contribution in [0.5, 0.6) is 0 Å². The number of nitrogens with zero attached hydrogens (tertiary/aromatic N) is 2. The van der Waals surface area contributed by atoms with E-state index in [4.69, 9.17) is 16.3 Å². The second kappa shape index (κ2) is 8.23. The van der Waals surface area contributed by atoms with Crippen molar-refractivity contribution in [2.75, 3.05) is 17.7 Å². The van der Waals surface area contributed by atoms with Crippen molar-refractivity contribution in [1.29, 1.82) is 0 Å². The Hall–Kier alpha value is -3.65. The lowest BCUT2D eigenvalue weighted by Gasteiger charge is -2.24. The molecule has 9 heteroatoms. The van der Waals surface area contributed by atoms with E-state index >= 15 is 0 Å². The molecular formula is C22H19ClN4O4. The largest absolute Gasteiger partial charge is 0.465 e. The van der Waals surface area contributed by atoms with Gasteiger partial charge >= 0.3 is 5.97 Å². The van der Waals surface area contributed by atoms with Crippen molar-refractivity contribution in [2.45, 2.75) is 19.4 Å². The van der Waals surface area contributed by atoms with Crippen LogP contribution in [0.3, 0.4) is 0 Å². The molecule has 0 spiro atoms. The first-order valence-corrected chi connectivity index (χ1v) is 9.90. The smallest absolute Gasteiger partial charge is 0.339 e. The maximum atomic E-state index is 13.1. The highest BCUT2D eigenvalue weighted by atomic mass is 35.5. The van der Waals surface area contributed by atoms with Crippen LogP contribution in [0.4, 0.5) is 11.5 Å². The van der Waals surface area contributed by atoms with E-state index in [0.717, 1.165) is 11.1 Å². The molecule has 158 valence electrons. The Kier molecular flexibility index (Phi) is 5.48. The number of amides is 2. The molecule has 2 heterocycles. The van der Waals surface area contributed by atoms with Gasteiger partial charge in [0.15, 0.2) is 0 Å². The maximum absolute atomic E-state index is 13.1. The number of carbonyl (C=O) groups is 3. The number of methoxy groups -OCH3 is 1. The topological polar surface area (TPSA) is 102 Å². The number of ether oxygens (including phenoxy) is 1. The molecule has 3 aromatic rings. The van der Waals surface area contributed by atoms with Crippen molar-refractivity contribution in [2.24, 2.45) is 0 Å². The lowest BCUT2D eigenvalue weighted by molar-refractivity contribution is -0.125. The van der Waals surface area contributed by atoms with Crippen molar-refractivity contribution in [3.05, 3.63) is 64.7 Å². The first-order valence-electron chi connectivity index (χ1n) is 9.52. The Morgan fingerprint density at radius 3 is 2.74 bits per heavy atom. The first kappa shape index (κ1) is 20.6. The Morgan fingerprint density at radius 2 is 2.00 bits per heavy atom. The van der Waals surface area contributed by atoms with E-state index in [1.54, 1.807) is 36.4 Å². The number of hydrogen-bond donors (Lipinski definition) is 2. The van der Waals surface area contributed by atoms with Gasteiger partial charge in [0.05, 0.1) is 30.5 Å². The predicted octanol–water partition coefficient (Wildman–Crippen LogP) is 3.82. The van der Waals surface area contributed by atoms with Crippen LogP contribution in [0.15, 0.2) is 48.5 Å². The fourth-order valence-electron chi connectivity index (χ4n) is 3.55. The van der Waals surface area contributed by atoms with Gasteiger partial charge in [-0.3, -0.25) is 9.59 Å². The monoisotopic (exact) mass is 438 g/mol. The lowest BCUT2D eigenvalue weighted by atomic mass is 10.1. The minimum atomic E-state index is -0.888. The van der Waals surface area contributed by atoms with Crippen LogP contribution in [0.1, 0.15) is 28.4 Å². The first-order chi connectivity index (χ1) is 14.9. The zero-order valence-electron chi connectivity index (χ0n) is 16.8. The summed E-state index contributed by atoms with van der Waals surface area (Å²) in [6, 6.07) is 12.8. The summed E-state index contributed by atoms with van der Waals surface area (Å²) < 4.78 is 6.28. The molecule has 2 aromatic carbocycles. The van der Waals surface area contributed by atoms with E-state index in [2.05, 4.69) is 15.7 Å². The number of halogens is 1. The zero-order valence-corrected chi connectivity index (χ0v) is 17.6. The number of carbonyl (C=O) groups excluding carboxylic acids is 3. The van der Waals surface area contributed by atoms with Gasteiger partial charge in [0.2, 0.25) is 11.8 Å². The summed E-state index contributed by atoms with van der Waals surface area (Å²) in [6.45, 7) is 1.82. The van der Waals surface area contributed by atoms with Gasteiger partial charge in [0.1, 0.15) is 11.9 Å². The summed E-state index contributed by atoms with van der Waals surface area (Å²) >= 11 is 6.11. The molecule has 0 fully saturated rings. The number of para-hydroxylation sites is 1. The fraction of sp³-hybridized carbons (Fsp3) is 0.182. The average molecular weight is 439 g/mol. The van der Waals surface area contributed by atoms with Gasteiger partial charge < -0.3 is 15.4 Å². The number of fused-ring (bicyclic) bond motifs is 1. The van der Waals surface area contributed by atoms with Crippen LogP contribution in [0.2, 0.25) is 5.02 Å². The molecule has 1 aliphatic heterocycles. The molecule has 0 saturated heterocycles. The zero-order chi connectivity index (χ0) is 22.1. The number of rotatable bonds is 4. The normalized spacial score (nSPS) is 15.1. The summed E-state index contributed by atoms with van der Waals surface area (Å²) in [6.07, 6.45) is -0.0880. The third-order valence-corrected chi connectivity index (χ3v) is 5.31. The number of benzene rings is 2. The number of hydrogen-bond acceptors (Lipinski definition) is 5. The van der Waals surface area contributed by atoms with Gasteiger partial charge in [-0.1, -0.05) is 35.9 Å². The third kappa shape index (κ3) is 3.89. The number of anilines is 2. The molecule has 0 aliphatic carbocycles. The number of nitrogens with one attached hydrogen (secondary N) is 2. The highest BCUT2D eigenvalue weighted by Crippen LogP contribution is 2.35. The highest BCUT2D eigenvalue weighted by Gasteiger charge is 2.34. The van der Waals surface area contributed by atoms with E-state index in [9.17, 15) is 14.4 Å².